The van der Waals surface area contributed by atoms with Crippen LogP contribution in [-0.2, 0) is 14.6 Å². The molecule has 1 fully saturated rings. The van der Waals surface area contributed by atoms with E-state index < -0.39 is 15.4 Å². The van der Waals surface area contributed by atoms with Gasteiger partial charge in [0.25, 0.3) is 0 Å². The van der Waals surface area contributed by atoms with Crippen LogP contribution in [0, 0.1) is 0 Å². The number of nitrogens with one attached hydrogen (secondary N) is 1. The molecule has 1 aliphatic rings. The Balaban J connectivity index is 1.48. The lowest BCUT2D eigenvalue weighted by Gasteiger charge is -2.23. The first-order valence-electron chi connectivity index (χ1n) is 8.74. The number of hydrogen-bond donors (Lipinski definition) is 1. The Hall–Kier alpha value is -2.46. The number of hydrogen-bond acceptors (Lipinski definition) is 7. The first-order chi connectivity index (χ1) is 13.4. The second-order valence-electron chi connectivity index (χ2n) is 7.05. The van der Waals surface area contributed by atoms with E-state index in [-0.39, 0.29) is 23.2 Å². The van der Waals surface area contributed by atoms with Gasteiger partial charge < -0.3 is 5.32 Å². The highest BCUT2D eigenvalue weighted by molar-refractivity contribution is 8.00. The van der Waals surface area contributed by atoms with Gasteiger partial charge in [-0.05, 0) is 25.5 Å². The lowest BCUT2D eigenvalue weighted by molar-refractivity contribution is -0.120. The van der Waals surface area contributed by atoms with E-state index in [0.717, 1.165) is 11.1 Å². The monoisotopic (exact) mass is 417 g/mol. The van der Waals surface area contributed by atoms with E-state index in [2.05, 4.69) is 20.4 Å². The molecule has 1 atom stereocenters. The minimum Gasteiger partial charge on any atom is -0.349 e. The molecule has 0 spiro atoms. The Kier molecular flexibility index (Phi) is 4.84. The third-order valence-corrected chi connectivity index (χ3v) is 7.52. The van der Waals surface area contributed by atoms with Crippen molar-refractivity contribution in [1.82, 2.24) is 25.1 Å². The average molecular weight is 418 g/mol. The second kappa shape index (κ2) is 7.17. The third-order valence-electron chi connectivity index (χ3n) is 4.61. The smallest absolute Gasteiger partial charge is 0.230 e. The van der Waals surface area contributed by atoms with E-state index in [1.807, 2.05) is 30.3 Å². The molecule has 146 valence electrons. The molecule has 0 saturated carbocycles. The van der Waals surface area contributed by atoms with Gasteiger partial charge in [0.15, 0.2) is 15.5 Å². The molecule has 2 aromatic heterocycles. The van der Waals surface area contributed by atoms with Gasteiger partial charge in [-0.1, -0.05) is 30.0 Å². The molecule has 1 unspecified atom stereocenters. The molecule has 0 aliphatic carbocycles. The van der Waals surface area contributed by atoms with Crippen molar-refractivity contribution < 1.29 is 13.2 Å². The molecular formula is C18H19N5O3S2. The molecule has 4 rings (SSSR count). The van der Waals surface area contributed by atoms with Crippen molar-refractivity contribution in [1.29, 1.82) is 0 Å². The fourth-order valence-electron chi connectivity index (χ4n) is 3.31. The average Bonchev–Trinajstić information content (AvgIpc) is 3.21. The molecule has 3 heterocycles. The summed E-state index contributed by atoms with van der Waals surface area (Å²) in [5.74, 6) is 0.0186. The second-order valence-corrected chi connectivity index (χ2v) is 10.2. The molecular weight excluding hydrogens is 398 g/mol. The summed E-state index contributed by atoms with van der Waals surface area (Å²) < 4.78 is 25.1. The standard InChI is InChI=1S/C18H19N5O3S2/c1-18(7-8-28(25,26)11-18)22-15(24)10-27-17-14-9-21-23(16(14)19-12-20-17)13-5-3-2-4-6-13/h2-6,9,12H,7-8,10-11H2,1H3,(H,22,24). The lowest BCUT2D eigenvalue weighted by atomic mass is 10.0. The van der Waals surface area contributed by atoms with Crippen LogP contribution >= 0.6 is 11.8 Å². The van der Waals surface area contributed by atoms with Gasteiger partial charge >= 0.3 is 0 Å². The summed E-state index contributed by atoms with van der Waals surface area (Å²) in [6, 6.07) is 9.65. The van der Waals surface area contributed by atoms with Gasteiger partial charge in [0.1, 0.15) is 11.4 Å². The molecule has 1 saturated heterocycles. The summed E-state index contributed by atoms with van der Waals surface area (Å²) in [6.45, 7) is 1.77. The van der Waals surface area contributed by atoms with E-state index in [9.17, 15) is 13.2 Å². The van der Waals surface area contributed by atoms with Crippen LogP contribution in [0.2, 0.25) is 0 Å². The van der Waals surface area contributed by atoms with Gasteiger partial charge in [-0.15, -0.1) is 0 Å². The molecule has 1 amide bonds. The fraction of sp³-hybridized carbons (Fsp3) is 0.333. The number of para-hydroxylation sites is 1. The van der Waals surface area contributed by atoms with Gasteiger partial charge in [-0.25, -0.2) is 23.1 Å². The zero-order valence-electron chi connectivity index (χ0n) is 15.2. The SMILES string of the molecule is CC1(NC(=O)CSc2ncnc3c2cnn3-c2ccccc2)CCS(=O)(=O)C1. The minimum absolute atomic E-state index is 0.0159. The maximum atomic E-state index is 12.4. The van der Waals surface area contributed by atoms with Crippen LogP contribution in [0.1, 0.15) is 13.3 Å². The molecule has 3 aromatic rings. The number of benzene rings is 1. The van der Waals surface area contributed by atoms with Gasteiger partial charge in [-0.2, -0.15) is 5.10 Å². The molecule has 1 aromatic carbocycles. The van der Waals surface area contributed by atoms with Crippen LogP contribution in [0.15, 0.2) is 47.9 Å². The lowest BCUT2D eigenvalue weighted by Crippen LogP contribution is -2.47. The predicted molar refractivity (Wildman–Crippen MR) is 107 cm³/mol. The van der Waals surface area contributed by atoms with Gasteiger partial charge in [0.05, 0.1) is 40.1 Å². The Morgan fingerprint density at radius 1 is 1.29 bits per heavy atom. The summed E-state index contributed by atoms with van der Waals surface area (Å²) in [6.07, 6.45) is 3.58. The summed E-state index contributed by atoms with van der Waals surface area (Å²) in [5, 5.41) is 8.68. The van der Waals surface area contributed by atoms with E-state index in [1.54, 1.807) is 17.8 Å². The van der Waals surface area contributed by atoms with Gasteiger partial charge in [0.2, 0.25) is 5.91 Å². The van der Waals surface area contributed by atoms with Crippen molar-refractivity contribution >= 4 is 38.5 Å². The Bertz CT molecular complexity index is 1130. The number of fused-ring (bicyclic) bond motifs is 1. The number of aromatic nitrogens is 4. The normalized spacial score (nSPS) is 21.0. The van der Waals surface area contributed by atoms with Crippen LogP contribution in [0.4, 0.5) is 0 Å². The van der Waals surface area contributed by atoms with Crippen LogP contribution in [-0.4, -0.2) is 56.9 Å². The van der Waals surface area contributed by atoms with Crippen molar-refractivity contribution in [2.75, 3.05) is 17.3 Å². The summed E-state index contributed by atoms with van der Waals surface area (Å²) in [7, 11) is -3.07. The van der Waals surface area contributed by atoms with Crippen LogP contribution < -0.4 is 5.32 Å². The fourth-order valence-corrected chi connectivity index (χ4v) is 6.17. The quantitative estimate of drug-likeness (QED) is 0.496. The highest BCUT2D eigenvalue weighted by Crippen LogP contribution is 2.27. The number of amides is 1. The molecule has 8 nitrogen and oxygen atoms in total. The third kappa shape index (κ3) is 3.88. The molecule has 10 heteroatoms. The Labute approximate surface area is 166 Å². The minimum atomic E-state index is -3.07. The van der Waals surface area contributed by atoms with Crippen LogP contribution in [0.25, 0.3) is 16.7 Å². The van der Waals surface area contributed by atoms with Crippen LogP contribution in [0.3, 0.4) is 0 Å². The maximum absolute atomic E-state index is 12.4. The first-order valence-corrected chi connectivity index (χ1v) is 11.5. The first kappa shape index (κ1) is 18.9. The molecule has 1 N–H and O–H groups in total. The van der Waals surface area contributed by atoms with Crippen LogP contribution in [0.5, 0.6) is 0 Å². The number of rotatable bonds is 5. The van der Waals surface area contributed by atoms with Crippen molar-refractivity contribution in [2.24, 2.45) is 0 Å². The zero-order chi connectivity index (χ0) is 19.8. The molecule has 0 bridgehead atoms. The molecule has 0 radical (unpaired) electrons. The predicted octanol–water partition coefficient (Wildman–Crippen LogP) is 1.60. The van der Waals surface area contributed by atoms with Gasteiger partial charge in [-0.3, -0.25) is 4.79 Å². The number of carbonyl (C=O) groups is 1. The van der Waals surface area contributed by atoms with Crippen molar-refractivity contribution in [3.8, 4) is 5.69 Å². The van der Waals surface area contributed by atoms with E-state index in [4.69, 9.17) is 0 Å². The number of carbonyl (C=O) groups excluding carboxylic acids is 1. The number of sulfone groups is 1. The number of nitrogens with zero attached hydrogens (tertiary/aromatic N) is 4. The highest BCUT2D eigenvalue weighted by atomic mass is 32.2. The van der Waals surface area contributed by atoms with E-state index in [1.165, 1.54) is 18.1 Å². The van der Waals surface area contributed by atoms with Crippen molar-refractivity contribution in [3.63, 3.8) is 0 Å². The Morgan fingerprint density at radius 3 is 2.79 bits per heavy atom. The zero-order valence-corrected chi connectivity index (χ0v) is 16.8. The van der Waals surface area contributed by atoms with E-state index >= 15 is 0 Å². The van der Waals surface area contributed by atoms with Gasteiger partial charge in [0, 0.05) is 0 Å². The summed E-state index contributed by atoms with van der Waals surface area (Å²) in [5.41, 5.74) is 0.855. The number of thioether (sulfide) groups is 1. The van der Waals surface area contributed by atoms with Crippen molar-refractivity contribution in [2.45, 2.75) is 23.9 Å². The Morgan fingerprint density at radius 2 is 2.07 bits per heavy atom. The summed E-state index contributed by atoms with van der Waals surface area (Å²) in [4.78, 5) is 21.0. The highest BCUT2D eigenvalue weighted by Gasteiger charge is 2.39. The molecule has 28 heavy (non-hydrogen) atoms. The summed E-state index contributed by atoms with van der Waals surface area (Å²) >= 11 is 1.28. The topological polar surface area (TPSA) is 107 Å². The maximum Gasteiger partial charge on any atom is 0.230 e. The van der Waals surface area contributed by atoms with E-state index in [0.29, 0.717) is 17.1 Å². The van der Waals surface area contributed by atoms with Crippen molar-refractivity contribution in [3.05, 3.63) is 42.9 Å². The molecule has 1 aliphatic heterocycles. The largest absolute Gasteiger partial charge is 0.349 e.